The number of aromatic nitrogens is 5. The van der Waals surface area contributed by atoms with Crippen LogP contribution in [0.3, 0.4) is 0 Å². The van der Waals surface area contributed by atoms with Gasteiger partial charge in [-0.15, -0.1) is 0 Å². The number of aromatic amines is 1. The third-order valence-corrected chi connectivity index (χ3v) is 5.13. The highest BCUT2D eigenvalue weighted by molar-refractivity contribution is 5.84. The van der Waals surface area contributed by atoms with Gasteiger partial charge >= 0.3 is 0 Å². The molecule has 0 unspecified atom stereocenters. The molecular weight excluding hydrogens is 421 g/mol. The molecule has 0 aliphatic heterocycles. The average Bonchev–Trinajstić information content (AvgIpc) is 3.23. The molecule has 1 atom stereocenters. The molecule has 0 radical (unpaired) electrons. The fourth-order valence-electron chi connectivity index (χ4n) is 3.70. The van der Waals surface area contributed by atoms with Gasteiger partial charge in [0.25, 0.3) is 5.56 Å². The van der Waals surface area contributed by atoms with Gasteiger partial charge in [0.05, 0.1) is 23.4 Å². The lowest BCUT2D eigenvalue weighted by atomic mass is 10.1. The molecule has 10 heteroatoms. The second-order valence-corrected chi connectivity index (χ2v) is 7.26. The summed E-state index contributed by atoms with van der Waals surface area (Å²) in [4.78, 5) is 28.7. The number of rotatable bonds is 4. The number of H-pyrrole nitrogens is 1. The Bertz CT molecular complexity index is 1520. The van der Waals surface area contributed by atoms with Crippen LogP contribution in [0.1, 0.15) is 18.7 Å². The summed E-state index contributed by atoms with van der Waals surface area (Å²) < 4.78 is 43.0. The first-order valence-corrected chi connectivity index (χ1v) is 9.63. The Morgan fingerprint density at radius 3 is 2.53 bits per heavy atom. The predicted molar refractivity (Wildman–Crippen MR) is 113 cm³/mol. The van der Waals surface area contributed by atoms with E-state index in [0.29, 0.717) is 34.1 Å². The van der Waals surface area contributed by atoms with Gasteiger partial charge in [-0.1, -0.05) is 6.07 Å². The van der Waals surface area contributed by atoms with E-state index >= 15 is 0 Å². The third-order valence-electron chi connectivity index (χ3n) is 5.13. The number of pyridine rings is 1. The zero-order valence-corrected chi connectivity index (χ0v) is 16.6. The highest BCUT2D eigenvalue weighted by Crippen LogP contribution is 2.26. The Morgan fingerprint density at radius 2 is 1.75 bits per heavy atom. The van der Waals surface area contributed by atoms with Gasteiger partial charge in [0.15, 0.2) is 11.5 Å². The van der Waals surface area contributed by atoms with E-state index in [1.165, 1.54) is 24.8 Å². The minimum absolute atomic E-state index is 0.0186. The van der Waals surface area contributed by atoms with Crippen molar-refractivity contribution < 1.29 is 13.2 Å². The van der Waals surface area contributed by atoms with Crippen LogP contribution in [0, 0.1) is 17.5 Å². The zero-order valence-electron chi connectivity index (χ0n) is 16.6. The van der Waals surface area contributed by atoms with Gasteiger partial charge in [0.2, 0.25) is 0 Å². The summed E-state index contributed by atoms with van der Waals surface area (Å²) >= 11 is 0. The number of hydrogen-bond acceptors (Lipinski definition) is 5. The number of fused-ring (bicyclic) bond motifs is 2. The normalized spacial score (nSPS) is 12.4. The lowest BCUT2D eigenvalue weighted by molar-refractivity contribution is 0.580. The summed E-state index contributed by atoms with van der Waals surface area (Å²) in [5.41, 5.74) is 0.778. The summed E-state index contributed by atoms with van der Waals surface area (Å²) in [5, 5.41) is 3.75. The van der Waals surface area contributed by atoms with Crippen LogP contribution in [0.5, 0.6) is 0 Å². The monoisotopic (exact) mass is 436 g/mol. The molecule has 3 aromatic heterocycles. The second-order valence-electron chi connectivity index (χ2n) is 7.26. The van der Waals surface area contributed by atoms with E-state index in [4.69, 9.17) is 0 Å². The fourth-order valence-corrected chi connectivity index (χ4v) is 3.70. The van der Waals surface area contributed by atoms with Crippen LogP contribution < -0.4 is 10.9 Å². The first kappa shape index (κ1) is 19.7. The largest absolute Gasteiger partial charge is 0.360 e. The van der Waals surface area contributed by atoms with Gasteiger partial charge in [0.1, 0.15) is 29.3 Å². The third kappa shape index (κ3) is 3.35. The lowest BCUT2D eigenvalue weighted by Crippen LogP contribution is -2.26. The van der Waals surface area contributed by atoms with Crippen molar-refractivity contribution in [1.82, 2.24) is 24.5 Å². The van der Waals surface area contributed by atoms with E-state index in [-0.39, 0.29) is 11.1 Å². The maximum atomic E-state index is 14.0. The number of imidazole rings is 1. The van der Waals surface area contributed by atoms with Crippen LogP contribution in [0.15, 0.2) is 59.9 Å². The summed E-state index contributed by atoms with van der Waals surface area (Å²) in [6.07, 6.45) is 2.83. The molecule has 32 heavy (non-hydrogen) atoms. The van der Waals surface area contributed by atoms with Gasteiger partial charge in [-0.25, -0.2) is 28.1 Å². The molecule has 0 bridgehead atoms. The maximum Gasteiger partial charge on any atom is 0.263 e. The first-order valence-electron chi connectivity index (χ1n) is 9.63. The minimum atomic E-state index is -0.841. The molecule has 160 valence electrons. The smallest absolute Gasteiger partial charge is 0.263 e. The molecule has 2 aromatic carbocycles. The molecule has 5 aromatic rings. The van der Waals surface area contributed by atoms with E-state index < -0.39 is 29.1 Å². The molecule has 0 aliphatic carbocycles. The SMILES string of the molecule is C[C@H](Nc1ncnc2[nH]cnc12)c1cc2ccc(F)cc2c(=O)n1-c1cc(F)cc(F)c1. The molecule has 0 spiro atoms. The van der Waals surface area contributed by atoms with Crippen molar-refractivity contribution in [2.24, 2.45) is 0 Å². The standard InChI is InChI=1S/C22H15F3N6O/c1-11(30-21-19-20(27-9-26-19)28-10-29-21)18-4-12-2-3-13(23)8-17(12)22(32)31(18)16-6-14(24)5-15(25)7-16/h2-11H,1H3,(H2,26,27,28,29,30)/t11-/m0/s1. The van der Waals surface area contributed by atoms with Crippen molar-refractivity contribution in [2.75, 3.05) is 5.32 Å². The Hall–Kier alpha value is -4.21. The van der Waals surface area contributed by atoms with Crippen LogP contribution in [0.4, 0.5) is 19.0 Å². The summed E-state index contributed by atoms with van der Waals surface area (Å²) in [5.74, 6) is -1.86. The lowest BCUT2D eigenvalue weighted by Gasteiger charge is -2.21. The summed E-state index contributed by atoms with van der Waals surface area (Å²) in [7, 11) is 0. The molecule has 0 fully saturated rings. The van der Waals surface area contributed by atoms with Crippen LogP contribution in [0.25, 0.3) is 27.6 Å². The van der Waals surface area contributed by atoms with Crippen molar-refractivity contribution >= 4 is 27.8 Å². The first-order chi connectivity index (χ1) is 15.4. The molecule has 7 nitrogen and oxygen atoms in total. The Morgan fingerprint density at radius 1 is 0.969 bits per heavy atom. The van der Waals surface area contributed by atoms with Crippen LogP contribution in [0.2, 0.25) is 0 Å². The number of nitrogens with one attached hydrogen (secondary N) is 2. The number of hydrogen-bond donors (Lipinski definition) is 2. The van der Waals surface area contributed by atoms with Crippen molar-refractivity contribution in [2.45, 2.75) is 13.0 Å². The highest BCUT2D eigenvalue weighted by Gasteiger charge is 2.19. The number of anilines is 1. The minimum Gasteiger partial charge on any atom is -0.360 e. The molecule has 0 saturated carbocycles. The number of nitrogens with zero attached hydrogens (tertiary/aromatic N) is 4. The molecular formula is C22H15F3N6O. The quantitative estimate of drug-likeness (QED) is 0.440. The maximum absolute atomic E-state index is 14.0. The summed E-state index contributed by atoms with van der Waals surface area (Å²) in [6.45, 7) is 1.76. The van der Waals surface area contributed by atoms with Gasteiger partial charge < -0.3 is 10.3 Å². The van der Waals surface area contributed by atoms with Gasteiger partial charge in [-0.05, 0) is 42.6 Å². The number of benzene rings is 2. The van der Waals surface area contributed by atoms with Gasteiger partial charge in [-0.2, -0.15) is 0 Å². The highest BCUT2D eigenvalue weighted by atomic mass is 19.1. The molecule has 0 amide bonds. The van der Waals surface area contributed by atoms with E-state index in [9.17, 15) is 18.0 Å². The fraction of sp³-hybridized carbons (Fsp3) is 0.0909. The average molecular weight is 436 g/mol. The van der Waals surface area contributed by atoms with E-state index in [0.717, 1.165) is 22.8 Å². The van der Waals surface area contributed by atoms with Crippen LogP contribution in [-0.4, -0.2) is 24.5 Å². The summed E-state index contributed by atoms with van der Waals surface area (Å²) in [6, 6.07) is 7.74. The predicted octanol–water partition coefficient (Wildman–Crippen LogP) is 4.25. The molecule has 0 saturated heterocycles. The topological polar surface area (TPSA) is 88.5 Å². The Labute approximate surface area is 178 Å². The molecule has 5 rings (SSSR count). The number of halogens is 3. The molecule has 3 heterocycles. The molecule has 2 N–H and O–H groups in total. The van der Waals surface area contributed by atoms with E-state index in [1.54, 1.807) is 13.0 Å². The van der Waals surface area contributed by atoms with Crippen molar-refractivity contribution in [3.63, 3.8) is 0 Å². The van der Waals surface area contributed by atoms with Crippen molar-refractivity contribution in [3.8, 4) is 5.69 Å². The van der Waals surface area contributed by atoms with Gasteiger partial charge in [0, 0.05) is 11.8 Å². The van der Waals surface area contributed by atoms with Crippen molar-refractivity contribution in [3.05, 3.63) is 88.6 Å². The van der Waals surface area contributed by atoms with E-state index in [1.807, 2.05) is 0 Å². The molecule has 0 aliphatic rings. The van der Waals surface area contributed by atoms with Crippen molar-refractivity contribution in [1.29, 1.82) is 0 Å². The van der Waals surface area contributed by atoms with Gasteiger partial charge in [-0.3, -0.25) is 9.36 Å². The second kappa shape index (κ2) is 7.49. The van der Waals surface area contributed by atoms with Crippen LogP contribution >= 0.6 is 0 Å². The Balaban J connectivity index is 1.73. The van der Waals surface area contributed by atoms with Crippen LogP contribution in [-0.2, 0) is 0 Å². The Kier molecular flexibility index (Phi) is 4.62. The van der Waals surface area contributed by atoms with E-state index in [2.05, 4.69) is 25.3 Å². The zero-order chi connectivity index (χ0) is 22.4.